The van der Waals surface area contributed by atoms with E-state index in [0.717, 1.165) is 5.75 Å². The number of aliphatic hydroxyl groups excluding tert-OH is 1. The van der Waals surface area contributed by atoms with Gasteiger partial charge in [-0.25, -0.2) is 13.7 Å². The summed E-state index contributed by atoms with van der Waals surface area (Å²) in [5.74, 6) is 6.44. The number of aromatic nitrogens is 3. The van der Waals surface area contributed by atoms with Gasteiger partial charge in [0.25, 0.3) is 5.56 Å². The maximum atomic E-state index is 12.7. The first-order valence-corrected chi connectivity index (χ1v) is 19.2. The Labute approximate surface area is 256 Å². The summed E-state index contributed by atoms with van der Waals surface area (Å²) in [6, 6.07) is 0. The molecule has 1 amide bonds. The molecule has 2 unspecified atom stereocenters. The number of phosphoric ester groups is 1. The normalized spacial score (nSPS) is 21.4. The summed E-state index contributed by atoms with van der Waals surface area (Å²) in [6.45, 7) is -0.370. The zero-order chi connectivity index (χ0) is 32.7. The number of ether oxygens (including phenoxy) is 1. The van der Waals surface area contributed by atoms with Gasteiger partial charge < -0.3 is 50.8 Å². The van der Waals surface area contributed by atoms with Crippen LogP contribution in [0.5, 0.6) is 0 Å². The first kappa shape index (κ1) is 36.7. The van der Waals surface area contributed by atoms with E-state index in [-0.39, 0.29) is 47.8 Å². The zero-order valence-electron chi connectivity index (χ0n) is 22.4. The number of aromatic amines is 1. The van der Waals surface area contributed by atoms with Crippen LogP contribution >= 0.6 is 45.1 Å². The number of anilines is 1. The lowest BCUT2D eigenvalue weighted by Crippen LogP contribution is -2.26. The van der Waals surface area contributed by atoms with Crippen molar-refractivity contribution in [3.05, 3.63) is 22.1 Å². The molecule has 0 aliphatic carbocycles. The standard InChI is InChI=1S/C19H29N6O14P3S2/c20-4-7-44-43-6-3-14(27)22-5-1-2-11-9-25(17-16(11)18(28)24-19(21)23-17)15-8-12(26)13(37-15)10-36-41(32,33)39-42(34,35)38-40(29,30)31/h9,12-13,15,26H,3-8,10,20H2,(H,22,27)(H,32,33)(H,34,35)(H2,29,30,31)(H3,21,23,24,28)/t12-,13+,15+/m0/s1. The number of rotatable bonds is 15. The quantitative estimate of drug-likeness (QED) is 0.0484. The van der Waals surface area contributed by atoms with Crippen LogP contribution in [0.15, 0.2) is 11.0 Å². The van der Waals surface area contributed by atoms with Gasteiger partial charge in [-0.1, -0.05) is 33.4 Å². The van der Waals surface area contributed by atoms with Gasteiger partial charge in [0.1, 0.15) is 12.3 Å². The monoisotopic (exact) mass is 722 g/mol. The number of carbonyl (C=O) groups excluding carboxylic acids is 1. The van der Waals surface area contributed by atoms with Gasteiger partial charge in [0, 0.05) is 37.1 Å². The Morgan fingerprint density at radius 3 is 2.59 bits per heavy atom. The second kappa shape index (κ2) is 15.7. The second-order valence-electron chi connectivity index (χ2n) is 8.68. The summed E-state index contributed by atoms with van der Waals surface area (Å²) in [5, 5.41) is 13.1. The maximum absolute atomic E-state index is 12.7. The van der Waals surface area contributed by atoms with Crippen molar-refractivity contribution in [3.63, 3.8) is 0 Å². The molecule has 0 aromatic carbocycles. The molecule has 5 atom stereocenters. The predicted molar refractivity (Wildman–Crippen MR) is 158 cm³/mol. The molecule has 1 saturated heterocycles. The van der Waals surface area contributed by atoms with Crippen LogP contribution in [0.2, 0.25) is 0 Å². The van der Waals surface area contributed by atoms with Gasteiger partial charge in [-0.2, -0.15) is 13.6 Å². The molecular formula is C19H29N6O14P3S2. The molecule has 3 heterocycles. The smallest absolute Gasteiger partial charge is 0.390 e. The van der Waals surface area contributed by atoms with Gasteiger partial charge in [-0.15, -0.1) is 0 Å². The number of phosphoric acid groups is 3. The molecule has 0 saturated carbocycles. The average molecular weight is 723 g/mol. The fraction of sp³-hybridized carbons (Fsp3) is 0.526. The van der Waals surface area contributed by atoms with Gasteiger partial charge >= 0.3 is 23.5 Å². The topological polar surface area (TPSA) is 321 Å². The molecule has 11 N–H and O–H groups in total. The molecule has 2 aromatic rings. The van der Waals surface area contributed by atoms with Crippen LogP contribution in [0.4, 0.5) is 5.95 Å². The molecule has 1 aliphatic rings. The third kappa shape index (κ3) is 11.2. The number of amides is 1. The number of nitrogen functional groups attached to an aromatic ring is 1. The number of nitrogens with one attached hydrogen (secondary N) is 2. The summed E-state index contributed by atoms with van der Waals surface area (Å²) in [4.78, 5) is 67.4. The molecule has 1 aliphatic heterocycles. The van der Waals surface area contributed by atoms with Crippen molar-refractivity contribution in [3.8, 4) is 11.8 Å². The lowest BCUT2D eigenvalue weighted by Gasteiger charge is -2.19. The fourth-order valence-electron chi connectivity index (χ4n) is 3.66. The van der Waals surface area contributed by atoms with Crippen molar-refractivity contribution in [2.75, 3.05) is 36.9 Å². The number of carbonyl (C=O) groups is 1. The molecular weight excluding hydrogens is 693 g/mol. The van der Waals surface area contributed by atoms with Crippen molar-refractivity contribution in [2.24, 2.45) is 5.73 Å². The predicted octanol–water partition coefficient (Wildman–Crippen LogP) is -0.504. The number of hydrogen-bond acceptors (Lipinski definition) is 15. The Hall–Kier alpha value is -1.76. The van der Waals surface area contributed by atoms with Crippen LogP contribution in [-0.4, -0.2) is 88.5 Å². The van der Waals surface area contributed by atoms with Crippen molar-refractivity contribution < 1.29 is 61.1 Å². The van der Waals surface area contributed by atoms with Gasteiger partial charge in [0.15, 0.2) is 5.65 Å². The highest BCUT2D eigenvalue weighted by Gasteiger charge is 2.43. The summed E-state index contributed by atoms with van der Waals surface area (Å²) in [6.07, 6.45) is -2.21. The molecule has 2 aromatic heterocycles. The number of nitrogens with zero attached hydrogens (tertiary/aromatic N) is 2. The van der Waals surface area contributed by atoms with Gasteiger partial charge in [-0.3, -0.25) is 19.1 Å². The summed E-state index contributed by atoms with van der Waals surface area (Å²) in [7, 11) is -13.7. The minimum absolute atomic E-state index is 0.0201. The van der Waals surface area contributed by atoms with Crippen molar-refractivity contribution in [1.82, 2.24) is 19.9 Å². The van der Waals surface area contributed by atoms with E-state index in [1.54, 1.807) is 10.8 Å². The highest BCUT2D eigenvalue weighted by molar-refractivity contribution is 8.76. The van der Waals surface area contributed by atoms with Crippen LogP contribution < -0.4 is 22.3 Å². The van der Waals surface area contributed by atoms with Gasteiger partial charge in [0.05, 0.1) is 30.2 Å². The third-order valence-electron chi connectivity index (χ3n) is 5.33. The van der Waals surface area contributed by atoms with Crippen LogP contribution in [0, 0.1) is 11.8 Å². The van der Waals surface area contributed by atoms with Crippen LogP contribution in [-0.2, 0) is 36.4 Å². The minimum Gasteiger partial charge on any atom is -0.390 e. The van der Waals surface area contributed by atoms with E-state index in [9.17, 15) is 38.2 Å². The lowest BCUT2D eigenvalue weighted by molar-refractivity contribution is -0.120. The summed E-state index contributed by atoms with van der Waals surface area (Å²) in [5.41, 5.74) is 10.7. The molecule has 3 rings (SSSR count). The van der Waals surface area contributed by atoms with E-state index in [0.29, 0.717) is 12.3 Å². The van der Waals surface area contributed by atoms with E-state index < -0.39 is 54.1 Å². The second-order valence-corrected chi connectivity index (χ2v) is 15.8. The molecule has 44 heavy (non-hydrogen) atoms. The Morgan fingerprint density at radius 1 is 1.20 bits per heavy atom. The number of H-pyrrole nitrogens is 1. The summed E-state index contributed by atoms with van der Waals surface area (Å²) >= 11 is 0. The van der Waals surface area contributed by atoms with E-state index in [2.05, 4.69) is 40.3 Å². The Kier molecular flexibility index (Phi) is 13.1. The third-order valence-corrected chi connectivity index (χ3v) is 11.6. The molecule has 246 valence electrons. The number of fused-ring (bicyclic) bond motifs is 1. The van der Waals surface area contributed by atoms with Crippen molar-refractivity contribution >= 4 is 67.9 Å². The minimum atomic E-state index is -5.74. The largest absolute Gasteiger partial charge is 0.490 e. The van der Waals surface area contributed by atoms with E-state index in [4.69, 9.17) is 26.0 Å². The number of nitrogens with two attached hydrogens (primary N) is 2. The lowest BCUT2D eigenvalue weighted by atomic mass is 10.2. The first-order valence-electron chi connectivity index (χ1n) is 12.2. The maximum Gasteiger partial charge on any atom is 0.490 e. The molecule has 20 nitrogen and oxygen atoms in total. The van der Waals surface area contributed by atoms with Crippen LogP contribution in [0.3, 0.4) is 0 Å². The Balaban J connectivity index is 1.69. The molecule has 0 bridgehead atoms. The fourth-order valence-corrected chi connectivity index (χ4v) is 8.54. The van der Waals surface area contributed by atoms with E-state index in [1.807, 2.05) is 0 Å². The average Bonchev–Trinajstić information content (AvgIpc) is 3.43. The summed E-state index contributed by atoms with van der Waals surface area (Å²) < 4.78 is 53.2. The van der Waals surface area contributed by atoms with Crippen molar-refractivity contribution in [2.45, 2.75) is 31.3 Å². The number of hydrogen-bond donors (Lipinski definition) is 9. The van der Waals surface area contributed by atoms with E-state index in [1.165, 1.54) is 21.6 Å². The molecule has 1 fully saturated rings. The zero-order valence-corrected chi connectivity index (χ0v) is 26.7. The highest BCUT2D eigenvalue weighted by Crippen LogP contribution is 2.66. The Morgan fingerprint density at radius 2 is 1.91 bits per heavy atom. The van der Waals surface area contributed by atoms with Crippen molar-refractivity contribution in [1.29, 1.82) is 0 Å². The molecule has 0 radical (unpaired) electrons. The highest BCUT2D eigenvalue weighted by atomic mass is 33.1. The number of aliphatic hydroxyl groups is 1. The van der Waals surface area contributed by atoms with Crippen LogP contribution in [0.25, 0.3) is 11.0 Å². The molecule has 25 heteroatoms. The van der Waals surface area contributed by atoms with E-state index >= 15 is 0 Å². The van der Waals surface area contributed by atoms with Crippen LogP contribution in [0.1, 0.15) is 24.6 Å². The molecule has 0 spiro atoms. The Bertz CT molecular complexity index is 1610. The SMILES string of the molecule is NCCSSCCC(=O)NCC#Cc1cn([C@H]2C[C@H](O)[C@@H](COP(=O)(O)OP(=O)(O)OP(=O)(O)O)O2)c2nc(N)[nH]c(=O)c12. The van der Waals surface area contributed by atoms with Gasteiger partial charge in [-0.05, 0) is 0 Å². The first-order chi connectivity index (χ1) is 20.5. The van der Waals surface area contributed by atoms with Gasteiger partial charge in [0.2, 0.25) is 11.9 Å².